The standard InChI is InChI=1S/C15H19NO4/c1-10(2)20-9-13(17)16-8-7-11-5-3-4-6-12(11)14(16)15(18)19/h3-6,10,14H,7-9H2,1-2H3,(H,18,19). The predicted octanol–water partition coefficient (Wildman–Crippen LogP) is 1.62. The van der Waals surface area contributed by atoms with Crippen molar-refractivity contribution >= 4 is 11.9 Å². The third-order valence-corrected chi connectivity index (χ3v) is 3.38. The summed E-state index contributed by atoms with van der Waals surface area (Å²) in [6.07, 6.45) is 0.618. The van der Waals surface area contributed by atoms with Crippen molar-refractivity contribution in [2.75, 3.05) is 13.2 Å². The second-order valence-corrected chi connectivity index (χ2v) is 5.14. The summed E-state index contributed by atoms with van der Waals surface area (Å²) >= 11 is 0. The van der Waals surface area contributed by atoms with Gasteiger partial charge in [-0.3, -0.25) is 4.79 Å². The quantitative estimate of drug-likeness (QED) is 0.908. The first kappa shape index (κ1) is 14.5. The average molecular weight is 277 g/mol. The number of fused-ring (bicyclic) bond motifs is 1. The zero-order valence-electron chi connectivity index (χ0n) is 11.7. The van der Waals surface area contributed by atoms with Crippen molar-refractivity contribution in [3.63, 3.8) is 0 Å². The molecule has 1 heterocycles. The first-order valence-electron chi connectivity index (χ1n) is 6.72. The SMILES string of the molecule is CC(C)OCC(=O)N1CCc2ccccc2C1C(=O)O. The van der Waals surface area contributed by atoms with Crippen molar-refractivity contribution in [2.45, 2.75) is 32.4 Å². The number of rotatable bonds is 4. The van der Waals surface area contributed by atoms with Crippen LogP contribution in [0.5, 0.6) is 0 Å². The van der Waals surface area contributed by atoms with Crippen LogP contribution >= 0.6 is 0 Å². The van der Waals surface area contributed by atoms with E-state index in [1.165, 1.54) is 4.90 Å². The minimum Gasteiger partial charge on any atom is -0.479 e. The van der Waals surface area contributed by atoms with E-state index in [1.54, 1.807) is 12.1 Å². The van der Waals surface area contributed by atoms with E-state index in [0.717, 1.165) is 5.56 Å². The minimum atomic E-state index is -1.00. The smallest absolute Gasteiger partial charge is 0.331 e. The Kier molecular flexibility index (Phi) is 4.39. The third-order valence-electron chi connectivity index (χ3n) is 3.38. The third kappa shape index (κ3) is 2.99. The van der Waals surface area contributed by atoms with Crippen LogP contribution in [0.2, 0.25) is 0 Å². The lowest BCUT2D eigenvalue weighted by atomic mass is 9.92. The van der Waals surface area contributed by atoms with Gasteiger partial charge >= 0.3 is 5.97 Å². The Labute approximate surface area is 118 Å². The summed E-state index contributed by atoms with van der Waals surface area (Å²) in [5, 5.41) is 9.45. The number of carboxylic acids is 1. The van der Waals surface area contributed by atoms with Crippen molar-refractivity contribution in [1.82, 2.24) is 4.90 Å². The van der Waals surface area contributed by atoms with E-state index < -0.39 is 12.0 Å². The summed E-state index contributed by atoms with van der Waals surface area (Å²) in [7, 11) is 0. The first-order valence-corrected chi connectivity index (χ1v) is 6.72. The van der Waals surface area contributed by atoms with Gasteiger partial charge in [0.2, 0.25) is 5.91 Å². The Morgan fingerprint density at radius 1 is 1.40 bits per heavy atom. The summed E-state index contributed by atoms with van der Waals surface area (Å²) < 4.78 is 5.29. The topological polar surface area (TPSA) is 66.8 Å². The van der Waals surface area contributed by atoms with Crippen molar-refractivity contribution in [3.8, 4) is 0 Å². The molecule has 5 heteroatoms. The summed E-state index contributed by atoms with van der Waals surface area (Å²) in [6.45, 7) is 4.01. The van der Waals surface area contributed by atoms with Crippen LogP contribution in [0.15, 0.2) is 24.3 Å². The van der Waals surface area contributed by atoms with Crippen LogP contribution in [0.25, 0.3) is 0 Å². The zero-order valence-corrected chi connectivity index (χ0v) is 11.7. The Morgan fingerprint density at radius 2 is 2.10 bits per heavy atom. The molecule has 1 aliphatic heterocycles. The van der Waals surface area contributed by atoms with Crippen molar-refractivity contribution in [2.24, 2.45) is 0 Å². The molecule has 1 aliphatic rings. The number of aliphatic carboxylic acids is 1. The Hall–Kier alpha value is -1.88. The lowest BCUT2D eigenvalue weighted by Gasteiger charge is -2.34. The molecule has 0 bridgehead atoms. The normalized spacial score (nSPS) is 17.9. The van der Waals surface area contributed by atoms with Crippen molar-refractivity contribution < 1.29 is 19.4 Å². The molecule has 0 aliphatic carbocycles. The van der Waals surface area contributed by atoms with Gasteiger partial charge in [0.1, 0.15) is 6.61 Å². The molecule has 0 saturated carbocycles. The van der Waals surface area contributed by atoms with Gasteiger partial charge in [-0.2, -0.15) is 0 Å². The fourth-order valence-electron chi connectivity index (χ4n) is 2.42. The highest BCUT2D eigenvalue weighted by Gasteiger charge is 2.35. The maximum atomic E-state index is 12.2. The summed E-state index contributed by atoms with van der Waals surface area (Å²) in [5.74, 6) is -1.28. The lowest BCUT2D eigenvalue weighted by Crippen LogP contribution is -2.45. The maximum Gasteiger partial charge on any atom is 0.331 e. The van der Waals surface area contributed by atoms with Gasteiger partial charge < -0.3 is 14.7 Å². The van der Waals surface area contributed by atoms with Gasteiger partial charge in [-0.05, 0) is 31.4 Å². The van der Waals surface area contributed by atoms with E-state index in [9.17, 15) is 14.7 Å². The fourth-order valence-corrected chi connectivity index (χ4v) is 2.42. The number of benzene rings is 1. The summed E-state index contributed by atoms with van der Waals surface area (Å²) in [4.78, 5) is 25.1. The molecule has 1 aromatic carbocycles. The number of hydrogen-bond acceptors (Lipinski definition) is 3. The Bertz CT molecular complexity index is 512. The second kappa shape index (κ2) is 6.05. The fraction of sp³-hybridized carbons (Fsp3) is 0.467. The summed E-state index contributed by atoms with van der Waals surface area (Å²) in [6, 6.07) is 6.46. The largest absolute Gasteiger partial charge is 0.479 e. The molecule has 0 fully saturated rings. The highest BCUT2D eigenvalue weighted by molar-refractivity contribution is 5.86. The van der Waals surface area contributed by atoms with Gasteiger partial charge in [-0.25, -0.2) is 4.79 Å². The van der Waals surface area contributed by atoms with Crippen LogP contribution in [-0.4, -0.2) is 41.1 Å². The monoisotopic (exact) mass is 277 g/mol. The number of amides is 1. The molecular formula is C15H19NO4. The van der Waals surface area contributed by atoms with Gasteiger partial charge in [0.25, 0.3) is 0 Å². The van der Waals surface area contributed by atoms with Crippen LogP contribution in [-0.2, 0) is 20.7 Å². The molecule has 1 unspecified atom stereocenters. The van der Waals surface area contributed by atoms with Crippen LogP contribution in [0.3, 0.4) is 0 Å². The number of ether oxygens (including phenoxy) is 1. The van der Waals surface area contributed by atoms with E-state index >= 15 is 0 Å². The van der Waals surface area contributed by atoms with Gasteiger partial charge in [-0.1, -0.05) is 24.3 Å². The van der Waals surface area contributed by atoms with Crippen LogP contribution in [0.1, 0.15) is 31.0 Å². The molecule has 0 spiro atoms. The Balaban J connectivity index is 2.22. The van der Waals surface area contributed by atoms with Gasteiger partial charge in [0.05, 0.1) is 6.10 Å². The molecular weight excluding hydrogens is 258 g/mol. The van der Waals surface area contributed by atoms with Gasteiger partial charge in [0, 0.05) is 6.54 Å². The van der Waals surface area contributed by atoms with E-state index in [4.69, 9.17) is 4.74 Å². The number of carbonyl (C=O) groups is 2. The second-order valence-electron chi connectivity index (χ2n) is 5.14. The zero-order chi connectivity index (χ0) is 14.7. The summed E-state index contributed by atoms with van der Waals surface area (Å²) in [5.41, 5.74) is 1.69. The maximum absolute atomic E-state index is 12.2. The van der Waals surface area contributed by atoms with E-state index in [0.29, 0.717) is 18.5 Å². The molecule has 20 heavy (non-hydrogen) atoms. The van der Waals surface area contributed by atoms with Crippen LogP contribution < -0.4 is 0 Å². The van der Waals surface area contributed by atoms with Crippen molar-refractivity contribution in [1.29, 1.82) is 0 Å². The van der Waals surface area contributed by atoms with E-state index in [2.05, 4.69) is 0 Å². The van der Waals surface area contributed by atoms with Crippen molar-refractivity contribution in [3.05, 3.63) is 35.4 Å². The van der Waals surface area contributed by atoms with E-state index in [-0.39, 0.29) is 18.6 Å². The lowest BCUT2D eigenvalue weighted by molar-refractivity contribution is -0.153. The molecule has 1 N–H and O–H groups in total. The molecule has 1 aromatic rings. The molecule has 2 rings (SSSR count). The molecule has 0 aromatic heterocycles. The first-order chi connectivity index (χ1) is 9.50. The highest BCUT2D eigenvalue weighted by Crippen LogP contribution is 2.29. The minimum absolute atomic E-state index is 0.0562. The highest BCUT2D eigenvalue weighted by atomic mass is 16.5. The number of carboxylic acid groups (broad SMARTS) is 1. The van der Waals surface area contributed by atoms with Crippen LogP contribution in [0.4, 0.5) is 0 Å². The molecule has 0 radical (unpaired) electrons. The van der Waals surface area contributed by atoms with Gasteiger partial charge in [0.15, 0.2) is 6.04 Å². The molecule has 1 amide bonds. The average Bonchev–Trinajstić information content (AvgIpc) is 2.43. The number of carbonyl (C=O) groups excluding carboxylic acids is 1. The predicted molar refractivity (Wildman–Crippen MR) is 73.3 cm³/mol. The molecule has 5 nitrogen and oxygen atoms in total. The number of nitrogens with zero attached hydrogens (tertiary/aromatic N) is 1. The van der Waals surface area contributed by atoms with E-state index in [1.807, 2.05) is 26.0 Å². The number of hydrogen-bond donors (Lipinski definition) is 1. The molecule has 1 atom stereocenters. The Morgan fingerprint density at radius 3 is 2.75 bits per heavy atom. The van der Waals surface area contributed by atoms with Gasteiger partial charge in [-0.15, -0.1) is 0 Å². The molecule has 0 saturated heterocycles. The molecule has 108 valence electrons. The van der Waals surface area contributed by atoms with Crippen LogP contribution in [0, 0.1) is 0 Å².